The van der Waals surface area contributed by atoms with Crippen LogP contribution in [0, 0.1) is 0 Å². The fraction of sp³-hybridized carbons (Fsp3) is 0.250. The Bertz CT molecular complexity index is 640. The van der Waals surface area contributed by atoms with Gasteiger partial charge in [-0.25, -0.2) is 0 Å². The van der Waals surface area contributed by atoms with Gasteiger partial charge in [0.25, 0.3) is 0 Å². The molecule has 2 N–H and O–H groups in total. The lowest BCUT2D eigenvalue weighted by atomic mass is 9.97. The zero-order chi connectivity index (χ0) is 14.1. The molecule has 0 aliphatic carbocycles. The molecule has 1 aliphatic rings. The highest BCUT2D eigenvalue weighted by Crippen LogP contribution is 2.27. The van der Waals surface area contributed by atoms with Crippen LogP contribution in [0.1, 0.15) is 16.7 Å². The topological polar surface area (TPSA) is 29.3 Å². The SMILES string of the molecule is Nc1cccc2c1CCN(Cc1cc(Cl)ccc1Cl)C2. The lowest BCUT2D eigenvalue weighted by Crippen LogP contribution is -2.30. The van der Waals surface area contributed by atoms with Crippen molar-refractivity contribution in [2.24, 2.45) is 0 Å². The summed E-state index contributed by atoms with van der Waals surface area (Å²) in [7, 11) is 0. The number of halogens is 2. The summed E-state index contributed by atoms with van der Waals surface area (Å²) >= 11 is 12.3. The van der Waals surface area contributed by atoms with Gasteiger partial charge in [0, 0.05) is 35.4 Å². The number of fused-ring (bicyclic) bond motifs is 1. The highest BCUT2D eigenvalue weighted by atomic mass is 35.5. The minimum absolute atomic E-state index is 0.728. The van der Waals surface area contributed by atoms with Crippen molar-refractivity contribution in [3.63, 3.8) is 0 Å². The van der Waals surface area contributed by atoms with Crippen molar-refractivity contribution in [3.05, 3.63) is 63.1 Å². The number of hydrogen-bond donors (Lipinski definition) is 1. The third kappa shape index (κ3) is 2.78. The van der Waals surface area contributed by atoms with Crippen LogP contribution in [-0.4, -0.2) is 11.4 Å². The Kier molecular flexibility index (Phi) is 3.88. The highest BCUT2D eigenvalue weighted by Gasteiger charge is 2.18. The Hall–Kier alpha value is -1.22. The first-order valence-corrected chi connectivity index (χ1v) is 7.41. The molecule has 0 spiro atoms. The van der Waals surface area contributed by atoms with Crippen LogP contribution in [0.2, 0.25) is 10.0 Å². The van der Waals surface area contributed by atoms with E-state index in [9.17, 15) is 0 Å². The van der Waals surface area contributed by atoms with E-state index in [0.29, 0.717) is 0 Å². The predicted molar refractivity (Wildman–Crippen MR) is 85.1 cm³/mol. The van der Waals surface area contributed by atoms with E-state index < -0.39 is 0 Å². The van der Waals surface area contributed by atoms with Crippen LogP contribution >= 0.6 is 23.2 Å². The standard InChI is InChI=1S/C16H16Cl2N2/c17-13-4-5-15(18)12(8-13)10-20-7-6-14-11(9-20)2-1-3-16(14)19/h1-5,8H,6-7,9-10,19H2. The number of rotatable bonds is 2. The smallest absolute Gasteiger partial charge is 0.0452 e. The van der Waals surface area contributed by atoms with Crippen LogP contribution in [0.3, 0.4) is 0 Å². The Labute approximate surface area is 129 Å². The summed E-state index contributed by atoms with van der Waals surface area (Å²) in [5.41, 5.74) is 10.6. The third-order valence-electron chi connectivity index (χ3n) is 3.78. The second-order valence-electron chi connectivity index (χ2n) is 5.18. The lowest BCUT2D eigenvalue weighted by molar-refractivity contribution is 0.246. The van der Waals surface area contributed by atoms with Gasteiger partial charge in [0.15, 0.2) is 0 Å². The molecule has 1 aliphatic heterocycles. The summed E-state index contributed by atoms with van der Waals surface area (Å²) in [6, 6.07) is 11.8. The van der Waals surface area contributed by atoms with Crippen LogP contribution in [0.4, 0.5) is 5.69 Å². The van der Waals surface area contributed by atoms with Gasteiger partial charge in [-0.05, 0) is 47.4 Å². The number of hydrogen-bond acceptors (Lipinski definition) is 2. The number of benzene rings is 2. The molecule has 2 nitrogen and oxygen atoms in total. The van der Waals surface area contributed by atoms with E-state index in [0.717, 1.165) is 47.4 Å². The van der Waals surface area contributed by atoms with Crippen LogP contribution in [0.15, 0.2) is 36.4 Å². The van der Waals surface area contributed by atoms with Gasteiger partial charge in [-0.1, -0.05) is 35.3 Å². The second-order valence-corrected chi connectivity index (χ2v) is 6.02. The number of nitrogens with two attached hydrogens (primary N) is 1. The monoisotopic (exact) mass is 306 g/mol. The first-order chi connectivity index (χ1) is 9.63. The van der Waals surface area contributed by atoms with Crippen LogP contribution in [0.25, 0.3) is 0 Å². The first-order valence-electron chi connectivity index (χ1n) is 6.66. The molecule has 0 saturated carbocycles. The maximum absolute atomic E-state index is 6.24. The molecule has 20 heavy (non-hydrogen) atoms. The molecule has 0 bridgehead atoms. The normalized spacial score (nSPS) is 15.1. The molecule has 3 rings (SSSR count). The van der Waals surface area contributed by atoms with Gasteiger partial charge in [-0.2, -0.15) is 0 Å². The van der Waals surface area contributed by atoms with Crippen molar-refractivity contribution in [2.75, 3.05) is 12.3 Å². The number of nitrogen functional groups attached to an aromatic ring is 1. The molecule has 4 heteroatoms. The Morgan fingerprint density at radius 3 is 2.85 bits per heavy atom. The van der Waals surface area contributed by atoms with E-state index in [-0.39, 0.29) is 0 Å². The Morgan fingerprint density at radius 2 is 2.00 bits per heavy atom. The summed E-state index contributed by atoms with van der Waals surface area (Å²) in [6.45, 7) is 2.71. The summed E-state index contributed by atoms with van der Waals surface area (Å²) in [5, 5.41) is 1.50. The van der Waals surface area contributed by atoms with E-state index in [1.54, 1.807) is 0 Å². The molecular formula is C16H16Cl2N2. The number of nitrogens with zero attached hydrogens (tertiary/aromatic N) is 1. The molecule has 0 aromatic heterocycles. The Balaban J connectivity index is 1.79. The van der Waals surface area contributed by atoms with Gasteiger partial charge in [-0.3, -0.25) is 4.90 Å². The maximum Gasteiger partial charge on any atom is 0.0452 e. The summed E-state index contributed by atoms with van der Waals surface area (Å²) in [5.74, 6) is 0. The van der Waals surface area contributed by atoms with Crippen molar-refractivity contribution in [1.82, 2.24) is 4.90 Å². The lowest BCUT2D eigenvalue weighted by Gasteiger charge is -2.29. The van der Waals surface area contributed by atoms with E-state index >= 15 is 0 Å². The summed E-state index contributed by atoms with van der Waals surface area (Å²) in [4.78, 5) is 2.37. The van der Waals surface area contributed by atoms with Gasteiger partial charge in [0.2, 0.25) is 0 Å². The van der Waals surface area contributed by atoms with Crippen molar-refractivity contribution in [1.29, 1.82) is 0 Å². The molecule has 0 unspecified atom stereocenters. The van der Waals surface area contributed by atoms with Crippen LogP contribution in [0.5, 0.6) is 0 Å². The molecule has 2 aromatic carbocycles. The molecule has 104 valence electrons. The van der Waals surface area contributed by atoms with E-state index in [1.807, 2.05) is 30.3 Å². The second kappa shape index (κ2) is 5.65. The quantitative estimate of drug-likeness (QED) is 0.845. The molecule has 0 amide bonds. The van der Waals surface area contributed by atoms with Gasteiger partial charge in [-0.15, -0.1) is 0 Å². The minimum Gasteiger partial charge on any atom is -0.398 e. The van der Waals surface area contributed by atoms with Crippen LogP contribution in [-0.2, 0) is 19.5 Å². The zero-order valence-corrected chi connectivity index (χ0v) is 12.6. The molecule has 0 fully saturated rings. The van der Waals surface area contributed by atoms with Gasteiger partial charge >= 0.3 is 0 Å². The largest absolute Gasteiger partial charge is 0.398 e. The number of anilines is 1. The Morgan fingerprint density at radius 1 is 1.15 bits per heavy atom. The van der Waals surface area contributed by atoms with Crippen molar-refractivity contribution in [2.45, 2.75) is 19.5 Å². The maximum atomic E-state index is 6.24. The average Bonchev–Trinajstić information content (AvgIpc) is 2.43. The predicted octanol–water partition coefficient (Wildman–Crippen LogP) is 4.13. The van der Waals surface area contributed by atoms with Gasteiger partial charge in [0.05, 0.1) is 0 Å². The molecular weight excluding hydrogens is 291 g/mol. The molecule has 2 aromatic rings. The summed E-state index contributed by atoms with van der Waals surface area (Å²) in [6.07, 6.45) is 0.986. The fourth-order valence-electron chi connectivity index (χ4n) is 2.74. The first kappa shape index (κ1) is 13.7. The van der Waals surface area contributed by atoms with E-state index in [1.165, 1.54) is 11.1 Å². The van der Waals surface area contributed by atoms with E-state index in [2.05, 4.69) is 11.0 Å². The van der Waals surface area contributed by atoms with Crippen molar-refractivity contribution < 1.29 is 0 Å². The summed E-state index contributed by atoms with van der Waals surface area (Å²) < 4.78 is 0. The molecule has 0 saturated heterocycles. The zero-order valence-electron chi connectivity index (χ0n) is 11.1. The highest BCUT2D eigenvalue weighted by molar-refractivity contribution is 6.33. The van der Waals surface area contributed by atoms with Gasteiger partial charge in [0.1, 0.15) is 0 Å². The molecule has 1 heterocycles. The van der Waals surface area contributed by atoms with Crippen molar-refractivity contribution in [3.8, 4) is 0 Å². The van der Waals surface area contributed by atoms with Crippen molar-refractivity contribution >= 4 is 28.9 Å². The van der Waals surface area contributed by atoms with Crippen LogP contribution < -0.4 is 5.73 Å². The fourth-order valence-corrected chi connectivity index (χ4v) is 3.11. The van der Waals surface area contributed by atoms with Gasteiger partial charge < -0.3 is 5.73 Å². The molecule has 0 atom stereocenters. The third-order valence-corrected chi connectivity index (χ3v) is 4.39. The minimum atomic E-state index is 0.728. The average molecular weight is 307 g/mol. The molecule has 0 radical (unpaired) electrons. The van der Waals surface area contributed by atoms with E-state index in [4.69, 9.17) is 28.9 Å².